The van der Waals surface area contributed by atoms with Gasteiger partial charge in [-0.1, -0.05) is 12.1 Å². The van der Waals surface area contributed by atoms with Crippen LogP contribution in [0.5, 0.6) is 5.75 Å². The Hall–Kier alpha value is -1.55. The SMILES string of the molecule is COCc1ccc2c(c1C(=O)OC)OC[C@@H]1C[C@H]21. The summed E-state index contributed by atoms with van der Waals surface area (Å²) in [4.78, 5) is 11.9. The Labute approximate surface area is 106 Å². The number of hydrogen-bond donors (Lipinski definition) is 0. The Balaban J connectivity index is 2.10. The van der Waals surface area contributed by atoms with Crippen molar-refractivity contribution in [3.63, 3.8) is 0 Å². The van der Waals surface area contributed by atoms with Crippen LogP contribution in [0, 0.1) is 5.92 Å². The van der Waals surface area contributed by atoms with E-state index in [1.165, 1.54) is 7.11 Å². The summed E-state index contributed by atoms with van der Waals surface area (Å²) in [5.41, 5.74) is 2.50. The molecular formula is C14H16O4. The zero-order valence-electron chi connectivity index (χ0n) is 10.6. The molecule has 0 N–H and O–H groups in total. The molecule has 2 aliphatic rings. The third-order valence-electron chi connectivity index (χ3n) is 3.73. The van der Waals surface area contributed by atoms with Crippen LogP contribution in [-0.2, 0) is 16.1 Å². The molecule has 0 aromatic heterocycles. The second-order valence-corrected chi connectivity index (χ2v) is 4.86. The number of hydrogen-bond acceptors (Lipinski definition) is 4. The van der Waals surface area contributed by atoms with Gasteiger partial charge in [0, 0.05) is 13.0 Å². The summed E-state index contributed by atoms with van der Waals surface area (Å²) in [7, 11) is 3.00. The van der Waals surface area contributed by atoms with Crippen LogP contribution in [0.1, 0.15) is 33.8 Å². The molecule has 18 heavy (non-hydrogen) atoms. The molecule has 0 saturated heterocycles. The molecule has 1 aromatic rings. The minimum atomic E-state index is -0.349. The zero-order chi connectivity index (χ0) is 12.7. The van der Waals surface area contributed by atoms with Crippen LogP contribution in [0.4, 0.5) is 0 Å². The normalized spacial score (nSPS) is 23.7. The highest BCUT2D eigenvalue weighted by Gasteiger charge is 2.45. The smallest absolute Gasteiger partial charge is 0.342 e. The summed E-state index contributed by atoms with van der Waals surface area (Å²) in [5.74, 6) is 1.55. The average Bonchev–Trinajstić information content (AvgIpc) is 3.17. The van der Waals surface area contributed by atoms with E-state index in [0.29, 0.717) is 36.4 Å². The molecule has 3 rings (SSSR count). The van der Waals surface area contributed by atoms with Gasteiger partial charge in [-0.15, -0.1) is 0 Å². The summed E-state index contributed by atoms with van der Waals surface area (Å²) in [6, 6.07) is 4.00. The Kier molecular flexibility index (Phi) is 2.74. The van der Waals surface area contributed by atoms with Crippen LogP contribution >= 0.6 is 0 Å². The van der Waals surface area contributed by atoms with Gasteiger partial charge < -0.3 is 14.2 Å². The first-order valence-corrected chi connectivity index (χ1v) is 6.12. The van der Waals surface area contributed by atoms with E-state index in [0.717, 1.165) is 17.5 Å². The molecule has 4 heteroatoms. The van der Waals surface area contributed by atoms with E-state index in [4.69, 9.17) is 14.2 Å². The first-order valence-electron chi connectivity index (χ1n) is 6.12. The van der Waals surface area contributed by atoms with E-state index in [2.05, 4.69) is 6.07 Å². The lowest BCUT2D eigenvalue weighted by Crippen LogP contribution is -2.16. The first kappa shape index (κ1) is 11.5. The van der Waals surface area contributed by atoms with Crippen molar-refractivity contribution < 1.29 is 19.0 Å². The standard InChI is InChI=1S/C14H16O4/c1-16-6-8-3-4-10-11-5-9(11)7-18-13(10)12(8)14(15)17-2/h3-4,9,11H,5-7H2,1-2H3/t9-,11-/m0/s1. The van der Waals surface area contributed by atoms with Crippen molar-refractivity contribution >= 4 is 5.97 Å². The minimum absolute atomic E-state index is 0.349. The van der Waals surface area contributed by atoms with Crippen LogP contribution < -0.4 is 4.74 Å². The highest BCUT2D eigenvalue weighted by Crippen LogP contribution is 2.54. The van der Waals surface area contributed by atoms with Gasteiger partial charge in [-0.3, -0.25) is 0 Å². The molecule has 1 aliphatic heterocycles. The predicted molar refractivity (Wildman–Crippen MR) is 64.8 cm³/mol. The maximum Gasteiger partial charge on any atom is 0.342 e. The number of methoxy groups -OCH3 is 2. The predicted octanol–water partition coefficient (Wildman–Crippen LogP) is 2.12. The highest BCUT2D eigenvalue weighted by molar-refractivity contribution is 5.95. The molecule has 0 unspecified atom stereocenters. The number of fused-ring (bicyclic) bond motifs is 3. The largest absolute Gasteiger partial charge is 0.492 e. The van der Waals surface area contributed by atoms with Crippen LogP contribution in [0.2, 0.25) is 0 Å². The maximum absolute atomic E-state index is 11.9. The molecule has 1 aromatic carbocycles. The maximum atomic E-state index is 11.9. The van der Waals surface area contributed by atoms with Crippen molar-refractivity contribution in [2.45, 2.75) is 18.9 Å². The van der Waals surface area contributed by atoms with Crippen molar-refractivity contribution in [1.82, 2.24) is 0 Å². The molecule has 1 saturated carbocycles. The molecule has 2 atom stereocenters. The summed E-state index contributed by atoms with van der Waals surface area (Å²) >= 11 is 0. The quantitative estimate of drug-likeness (QED) is 0.768. The fourth-order valence-electron chi connectivity index (χ4n) is 2.69. The van der Waals surface area contributed by atoms with Gasteiger partial charge >= 0.3 is 5.97 Å². The van der Waals surface area contributed by atoms with Gasteiger partial charge in [0.2, 0.25) is 0 Å². The fraction of sp³-hybridized carbons (Fsp3) is 0.500. The fourth-order valence-corrected chi connectivity index (χ4v) is 2.69. The third-order valence-corrected chi connectivity index (χ3v) is 3.73. The van der Waals surface area contributed by atoms with Crippen molar-refractivity contribution in [2.75, 3.05) is 20.8 Å². The molecule has 1 heterocycles. The number of carbonyl (C=O) groups excluding carboxylic acids is 1. The Morgan fingerprint density at radius 3 is 3.00 bits per heavy atom. The molecule has 1 fully saturated rings. The molecule has 1 aliphatic carbocycles. The molecule has 96 valence electrons. The zero-order valence-corrected chi connectivity index (χ0v) is 10.6. The first-order chi connectivity index (χ1) is 8.76. The molecule has 0 spiro atoms. The molecule has 4 nitrogen and oxygen atoms in total. The van der Waals surface area contributed by atoms with Crippen LogP contribution in [0.15, 0.2) is 12.1 Å². The Morgan fingerprint density at radius 1 is 1.44 bits per heavy atom. The van der Waals surface area contributed by atoms with Crippen molar-refractivity contribution in [1.29, 1.82) is 0 Å². The summed E-state index contributed by atoms with van der Waals surface area (Å²) < 4.78 is 15.8. The van der Waals surface area contributed by atoms with Gasteiger partial charge in [0.1, 0.15) is 11.3 Å². The molecule has 0 radical (unpaired) electrons. The molecule has 0 amide bonds. The van der Waals surface area contributed by atoms with E-state index in [-0.39, 0.29) is 5.97 Å². The second kappa shape index (κ2) is 4.28. The van der Waals surface area contributed by atoms with Crippen molar-refractivity contribution in [2.24, 2.45) is 5.92 Å². The number of benzene rings is 1. The van der Waals surface area contributed by atoms with E-state index >= 15 is 0 Å². The average molecular weight is 248 g/mol. The van der Waals surface area contributed by atoms with E-state index in [9.17, 15) is 4.79 Å². The summed E-state index contributed by atoms with van der Waals surface area (Å²) in [5, 5.41) is 0. The van der Waals surface area contributed by atoms with Gasteiger partial charge in [0.05, 0.1) is 20.3 Å². The lowest BCUT2D eigenvalue weighted by molar-refractivity contribution is 0.0589. The van der Waals surface area contributed by atoms with Crippen molar-refractivity contribution in [3.05, 3.63) is 28.8 Å². The Bertz CT molecular complexity index is 495. The lowest BCUT2D eigenvalue weighted by atomic mass is 9.97. The monoisotopic (exact) mass is 248 g/mol. The van der Waals surface area contributed by atoms with E-state index < -0.39 is 0 Å². The summed E-state index contributed by atoms with van der Waals surface area (Å²) in [6.07, 6.45) is 1.16. The Morgan fingerprint density at radius 2 is 2.28 bits per heavy atom. The summed E-state index contributed by atoms with van der Waals surface area (Å²) in [6.45, 7) is 1.09. The number of esters is 1. The van der Waals surface area contributed by atoms with Crippen LogP contribution in [0.3, 0.4) is 0 Å². The van der Waals surface area contributed by atoms with Gasteiger partial charge in [0.25, 0.3) is 0 Å². The van der Waals surface area contributed by atoms with Crippen molar-refractivity contribution in [3.8, 4) is 5.75 Å². The minimum Gasteiger partial charge on any atom is -0.492 e. The lowest BCUT2D eigenvalue weighted by Gasteiger charge is -2.21. The van der Waals surface area contributed by atoms with Gasteiger partial charge in [0.15, 0.2) is 0 Å². The van der Waals surface area contributed by atoms with Gasteiger partial charge in [-0.2, -0.15) is 0 Å². The third kappa shape index (κ3) is 1.68. The molecule has 0 bridgehead atoms. The topological polar surface area (TPSA) is 44.8 Å². The number of rotatable bonds is 3. The van der Waals surface area contributed by atoms with Crippen LogP contribution in [0.25, 0.3) is 0 Å². The van der Waals surface area contributed by atoms with Gasteiger partial charge in [-0.05, 0) is 23.5 Å². The molecular weight excluding hydrogens is 232 g/mol. The van der Waals surface area contributed by atoms with Gasteiger partial charge in [-0.25, -0.2) is 4.79 Å². The highest BCUT2D eigenvalue weighted by atomic mass is 16.5. The van der Waals surface area contributed by atoms with Crippen LogP contribution in [-0.4, -0.2) is 26.8 Å². The van der Waals surface area contributed by atoms with E-state index in [1.807, 2.05) is 6.07 Å². The number of carbonyl (C=O) groups is 1. The number of ether oxygens (including phenoxy) is 3. The van der Waals surface area contributed by atoms with E-state index in [1.54, 1.807) is 7.11 Å². The second-order valence-electron chi connectivity index (χ2n) is 4.86.